The molecule has 0 radical (unpaired) electrons. The van der Waals surface area contributed by atoms with E-state index < -0.39 is 4.92 Å². The van der Waals surface area contributed by atoms with Gasteiger partial charge in [-0.3, -0.25) is 15.5 Å². The normalized spacial score (nSPS) is 11.1. The van der Waals surface area contributed by atoms with E-state index in [1.54, 1.807) is 12.1 Å². The number of nitro groups is 1. The maximum atomic E-state index is 10.7. The van der Waals surface area contributed by atoms with Gasteiger partial charge in [-0.05, 0) is 18.6 Å². The number of non-ortho nitro benzene ring substituents is 1. The highest BCUT2D eigenvalue weighted by molar-refractivity contribution is 5.99. The summed E-state index contributed by atoms with van der Waals surface area (Å²) in [5, 5.41) is 14.9. The Kier molecular flexibility index (Phi) is 3.87. The molecule has 1 N–H and O–H groups in total. The largest absolute Gasteiger partial charge is 0.278 e. The van der Waals surface area contributed by atoms with Crippen molar-refractivity contribution in [1.82, 2.24) is 0 Å². The van der Waals surface area contributed by atoms with Crippen LogP contribution in [0.1, 0.15) is 12.5 Å². The first-order valence-corrected chi connectivity index (χ1v) is 5.77. The third kappa shape index (κ3) is 3.38. The van der Waals surface area contributed by atoms with Crippen molar-refractivity contribution in [2.75, 3.05) is 5.43 Å². The lowest BCUT2D eigenvalue weighted by atomic mass is 10.1. The monoisotopic (exact) mass is 255 g/mol. The van der Waals surface area contributed by atoms with Crippen molar-refractivity contribution in [1.29, 1.82) is 0 Å². The molecule has 0 fully saturated rings. The van der Waals surface area contributed by atoms with Gasteiger partial charge in [0.2, 0.25) is 0 Å². The van der Waals surface area contributed by atoms with Gasteiger partial charge in [-0.15, -0.1) is 0 Å². The third-order valence-corrected chi connectivity index (χ3v) is 2.60. The van der Waals surface area contributed by atoms with Gasteiger partial charge in [-0.25, -0.2) is 0 Å². The Morgan fingerprint density at radius 3 is 2.58 bits per heavy atom. The first-order chi connectivity index (χ1) is 9.16. The van der Waals surface area contributed by atoms with Crippen LogP contribution in [0.25, 0.3) is 0 Å². The molecule has 2 rings (SSSR count). The molecule has 96 valence electrons. The number of nitrogens with one attached hydrogen (secondary N) is 1. The van der Waals surface area contributed by atoms with Crippen LogP contribution in [0.3, 0.4) is 0 Å². The van der Waals surface area contributed by atoms with E-state index in [-0.39, 0.29) is 5.69 Å². The predicted octanol–water partition coefficient (Wildman–Crippen LogP) is 3.43. The van der Waals surface area contributed by atoms with Crippen molar-refractivity contribution in [3.05, 3.63) is 70.3 Å². The number of rotatable bonds is 4. The minimum Gasteiger partial charge on any atom is -0.278 e. The van der Waals surface area contributed by atoms with Crippen molar-refractivity contribution < 1.29 is 4.92 Å². The summed E-state index contributed by atoms with van der Waals surface area (Å²) in [6, 6.07) is 15.9. The van der Waals surface area contributed by atoms with E-state index in [0.717, 1.165) is 11.3 Å². The molecule has 0 aromatic heterocycles. The lowest BCUT2D eigenvalue weighted by Gasteiger charge is -2.03. The fourth-order valence-corrected chi connectivity index (χ4v) is 1.58. The molecule has 0 aliphatic heterocycles. The molecule has 0 aliphatic rings. The topological polar surface area (TPSA) is 67.5 Å². The van der Waals surface area contributed by atoms with Crippen LogP contribution in [0.15, 0.2) is 59.7 Å². The van der Waals surface area contributed by atoms with Gasteiger partial charge in [0.15, 0.2) is 0 Å². The zero-order chi connectivity index (χ0) is 13.7. The number of nitrogens with zero attached hydrogens (tertiary/aromatic N) is 2. The van der Waals surface area contributed by atoms with Gasteiger partial charge in [0, 0.05) is 12.1 Å². The van der Waals surface area contributed by atoms with Crippen LogP contribution in [0.2, 0.25) is 0 Å². The first kappa shape index (κ1) is 12.8. The van der Waals surface area contributed by atoms with Crippen LogP contribution in [-0.4, -0.2) is 10.6 Å². The van der Waals surface area contributed by atoms with Gasteiger partial charge in [-0.1, -0.05) is 36.4 Å². The van der Waals surface area contributed by atoms with Crippen molar-refractivity contribution in [2.45, 2.75) is 6.92 Å². The summed E-state index contributed by atoms with van der Waals surface area (Å²) >= 11 is 0. The lowest BCUT2D eigenvalue weighted by molar-refractivity contribution is -0.384. The minimum absolute atomic E-state index is 0.0394. The highest BCUT2D eigenvalue weighted by Gasteiger charge is 2.04. The summed E-state index contributed by atoms with van der Waals surface area (Å²) < 4.78 is 0. The van der Waals surface area contributed by atoms with Crippen LogP contribution in [0, 0.1) is 10.1 Å². The van der Waals surface area contributed by atoms with Gasteiger partial charge in [0.05, 0.1) is 16.3 Å². The molecule has 0 heterocycles. The third-order valence-electron chi connectivity index (χ3n) is 2.60. The predicted molar refractivity (Wildman–Crippen MR) is 75.4 cm³/mol. The minimum atomic E-state index is -0.432. The standard InChI is InChI=1S/C14H13N3O2/c1-11(12-6-3-2-4-7-12)15-16-13-8-5-9-14(10-13)17(18)19/h2-10,16H,1H3/b15-11-. The zero-order valence-electron chi connectivity index (χ0n) is 10.4. The quantitative estimate of drug-likeness (QED) is 0.517. The number of benzene rings is 2. The fraction of sp³-hybridized carbons (Fsp3) is 0.0714. The van der Waals surface area contributed by atoms with E-state index in [1.807, 2.05) is 37.3 Å². The molecule has 0 bridgehead atoms. The summed E-state index contributed by atoms with van der Waals surface area (Å²) in [7, 11) is 0. The summed E-state index contributed by atoms with van der Waals surface area (Å²) in [5.41, 5.74) is 5.26. The molecule has 0 aliphatic carbocycles. The molecule has 0 amide bonds. The van der Waals surface area contributed by atoms with Gasteiger partial charge in [0.1, 0.15) is 0 Å². The van der Waals surface area contributed by atoms with Crippen molar-refractivity contribution in [3.8, 4) is 0 Å². The zero-order valence-corrected chi connectivity index (χ0v) is 10.4. The second kappa shape index (κ2) is 5.77. The molecule has 2 aromatic rings. The van der Waals surface area contributed by atoms with Crippen molar-refractivity contribution in [3.63, 3.8) is 0 Å². The average Bonchev–Trinajstić information content (AvgIpc) is 2.46. The summed E-state index contributed by atoms with van der Waals surface area (Å²) in [6.07, 6.45) is 0. The van der Waals surface area contributed by atoms with Crippen LogP contribution in [0.4, 0.5) is 11.4 Å². The molecule has 0 atom stereocenters. The molecule has 2 aromatic carbocycles. The Labute approximate surface area is 110 Å². The van der Waals surface area contributed by atoms with E-state index in [1.165, 1.54) is 12.1 Å². The van der Waals surface area contributed by atoms with E-state index in [9.17, 15) is 10.1 Å². The molecular formula is C14H13N3O2. The molecular weight excluding hydrogens is 242 g/mol. The Morgan fingerprint density at radius 2 is 1.89 bits per heavy atom. The number of hydrogen-bond acceptors (Lipinski definition) is 4. The summed E-state index contributed by atoms with van der Waals surface area (Å²) in [6.45, 7) is 1.87. The van der Waals surface area contributed by atoms with Crippen LogP contribution >= 0.6 is 0 Å². The second-order valence-electron chi connectivity index (χ2n) is 3.98. The van der Waals surface area contributed by atoms with Gasteiger partial charge in [-0.2, -0.15) is 5.10 Å². The molecule has 19 heavy (non-hydrogen) atoms. The van der Waals surface area contributed by atoms with E-state index in [0.29, 0.717) is 5.69 Å². The van der Waals surface area contributed by atoms with Crippen molar-refractivity contribution >= 4 is 17.1 Å². The van der Waals surface area contributed by atoms with Crippen LogP contribution in [0.5, 0.6) is 0 Å². The molecule has 5 nitrogen and oxygen atoms in total. The number of nitro benzene ring substituents is 1. The summed E-state index contributed by atoms with van der Waals surface area (Å²) in [5.74, 6) is 0. The van der Waals surface area contributed by atoms with Crippen LogP contribution in [-0.2, 0) is 0 Å². The van der Waals surface area contributed by atoms with E-state index in [2.05, 4.69) is 10.5 Å². The van der Waals surface area contributed by atoms with Gasteiger partial charge >= 0.3 is 0 Å². The van der Waals surface area contributed by atoms with Crippen LogP contribution < -0.4 is 5.43 Å². The fourth-order valence-electron chi connectivity index (χ4n) is 1.58. The van der Waals surface area contributed by atoms with E-state index in [4.69, 9.17) is 0 Å². The SMILES string of the molecule is C/C(=N/Nc1cccc([N+](=O)[O-])c1)c1ccccc1. The highest BCUT2D eigenvalue weighted by Crippen LogP contribution is 2.17. The lowest BCUT2D eigenvalue weighted by Crippen LogP contribution is -1.99. The molecule has 0 saturated heterocycles. The molecule has 5 heteroatoms. The van der Waals surface area contributed by atoms with Crippen molar-refractivity contribution in [2.24, 2.45) is 5.10 Å². The van der Waals surface area contributed by atoms with Gasteiger partial charge < -0.3 is 0 Å². The maximum Gasteiger partial charge on any atom is 0.271 e. The maximum absolute atomic E-state index is 10.7. The highest BCUT2D eigenvalue weighted by atomic mass is 16.6. The second-order valence-corrected chi connectivity index (χ2v) is 3.98. The Hall–Kier alpha value is -2.69. The Bertz CT molecular complexity index is 609. The summed E-state index contributed by atoms with van der Waals surface area (Å²) in [4.78, 5) is 10.2. The Morgan fingerprint density at radius 1 is 1.16 bits per heavy atom. The molecule has 0 saturated carbocycles. The first-order valence-electron chi connectivity index (χ1n) is 5.77. The van der Waals surface area contributed by atoms with Gasteiger partial charge in [0.25, 0.3) is 5.69 Å². The average molecular weight is 255 g/mol. The smallest absolute Gasteiger partial charge is 0.271 e. The number of anilines is 1. The Balaban J connectivity index is 2.14. The molecule has 0 spiro atoms. The number of hydrazone groups is 1. The van der Waals surface area contributed by atoms with E-state index >= 15 is 0 Å². The number of hydrogen-bond donors (Lipinski definition) is 1. The molecule has 0 unspecified atom stereocenters.